The highest BCUT2D eigenvalue weighted by atomic mass is 32.1. The van der Waals surface area contributed by atoms with Crippen molar-refractivity contribution in [1.29, 1.82) is 0 Å². The topological polar surface area (TPSA) is 78.2 Å². The summed E-state index contributed by atoms with van der Waals surface area (Å²) >= 11 is 1.34. The Labute approximate surface area is 126 Å². The first-order valence-electron chi connectivity index (χ1n) is 6.59. The molecule has 0 aliphatic carbocycles. The van der Waals surface area contributed by atoms with Crippen molar-refractivity contribution in [2.75, 3.05) is 18.0 Å². The summed E-state index contributed by atoms with van der Waals surface area (Å²) in [5, 5.41) is 19.6. The first-order valence-corrected chi connectivity index (χ1v) is 7.47. The highest BCUT2D eigenvalue weighted by molar-refractivity contribution is 7.13. The number of benzene rings is 1. The second-order valence-corrected chi connectivity index (χ2v) is 5.07. The van der Waals surface area contributed by atoms with E-state index in [0.29, 0.717) is 10.8 Å². The number of carbonyl (C=O) groups is 1. The van der Waals surface area contributed by atoms with E-state index in [2.05, 4.69) is 20.1 Å². The number of hydrogen-bond acceptors (Lipinski definition) is 6. The molecule has 0 amide bonds. The number of aromatic carboxylic acids is 1. The summed E-state index contributed by atoms with van der Waals surface area (Å²) in [6.45, 7) is 5.69. The summed E-state index contributed by atoms with van der Waals surface area (Å²) in [5.74, 6) is -1.02. The van der Waals surface area contributed by atoms with Gasteiger partial charge in [0.1, 0.15) is 5.69 Å². The van der Waals surface area contributed by atoms with Crippen LogP contribution in [0.1, 0.15) is 24.2 Å². The Morgan fingerprint density at radius 2 is 2.10 bits per heavy atom. The van der Waals surface area contributed by atoms with E-state index in [1.165, 1.54) is 11.3 Å². The lowest BCUT2D eigenvalue weighted by Crippen LogP contribution is -2.22. The van der Waals surface area contributed by atoms with Gasteiger partial charge in [0.25, 0.3) is 0 Å². The van der Waals surface area contributed by atoms with E-state index in [0.717, 1.165) is 18.8 Å². The molecule has 6 nitrogen and oxygen atoms in total. The molecule has 110 valence electrons. The lowest BCUT2D eigenvalue weighted by molar-refractivity contribution is 0.0698. The second-order valence-electron chi connectivity index (χ2n) is 4.19. The van der Waals surface area contributed by atoms with Crippen LogP contribution < -0.4 is 4.90 Å². The molecule has 7 heteroatoms. The Morgan fingerprint density at radius 3 is 2.67 bits per heavy atom. The molecule has 0 radical (unpaired) electrons. The number of nitrogens with zero attached hydrogens (tertiary/aromatic N) is 4. The maximum absolute atomic E-state index is 11.4. The molecule has 0 aliphatic heterocycles. The normalized spacial score (nSPS) is 11.0. The average Bonchev–Trinajstić information content (AvgIpc) is 3.00. The van der Waals surface area contributed by atoms with E-state index in [1.54, 1.807) is 23.7 Å². The standard InChI is InChI=1S/C14H16N4O2S/c1-3-18(4-2)10-5-6-12(11(9-10)13(19)20)16-17-14-15-7-8-21-14/h5-9H,3-4H2,1-2H3,(H,19,20). The number of carboxylic acid groups (broad SMARTS) is 1. The minimum atomic E-state index is -1.02. The number of hydrogen-bond donors (Lipinski definition) is 1. The van der Waals surface area contributed by atoms with Crippen LogP contribution in [0.5, 0.6) is 0 Å². The third kappa shape index (κ3) is 3.63. The fourth-order valence-corrected chi connectivity index (χ4v) is 2.38. The van der Waals surface area contributed by atoms with E-state index < -0.39 is 5.97 Å². The van der Waals surface area contributed by atoms with Crippen molar-refractivity contribution < 1.29 is 9.90 Å². The first kappa shape index (κ1) is 15.1. The van der Waals surface area contributed by atoms with E-state index >= 15 is 0 Å². The highest BCUT2D eigenvalue weighted by Gasteiger charge is 2.13. The lowest BCUT2D eigenvalue weighted by Gasteiger charge is -2.21. The minimum Gasteiger partial charge on any atom is -0.478 e. The Morgan fingerprint density at radius 1 is 1.33 bits per heavy atom. The molecule has 1 aromatic heterocycles. The van der Waals surface area contributed by atoms with Crippen LogP contribution in [0.4, 0.5) is 16.5 Å². The van der Waals surface area contributed by atoms with Gasteiger partial charge in [-0.05, 0) is 32.0 Å². The van der Waals surface area contributed by atoms with Crippen LogP contribution in [0, 0.1) is 0 Å². The molecular weight excluding hydrogens is 288 g/mol. The van der Waals surface area contributed by atoms with Crippen LogP contribution in [-0.4, -0.2) is 29.1 Å². The van der Waals surface area contributed by atoms with Gasteiger partial charge in [-0.2, -0.15) is 0 Å². The molecule has 2 aromatic rings. The van der Waals surface area contributed by atoms with Gasteiger partial charge in [0.15, 0.2) is 0 Å². The van der Waals surface area contributed by atoms with Crippen molar-refractivity contribution >= 4 is 33.8 Å². The fraction of sp³-hybridized carbons (Fsp3) is 0.286. The molecule has 1 heterocycles. The monoisotopic (exact) mass is 304 g/mol. The van der Waals surface area contributed by atoms with Gasteiger partial charge in [0.05, 0.1) is 5.56 Å². The van der Waals surface area contributed by atoms with Crippen molar-refractivity contribution in [3.63, 3.8) is 0 Å². The van der Waals surface area contributed by atoms with Crippen LogP contribution in [-0.2, 0) is 0 Å². The predicted molar refractivity (Wildman–Crippen MR) is 83.3 cm³/mol. The molecule has 2 rings (SSSR count). The summed E-state index contributed by atoms with van der Waals surface area (Å²) < 4.78 is 0. The van der Waals surface area contributed by atoms with Gasteiger partial charge >= 0.3 is 5.97 Å². The van der Waals surface area contributed by atoms with Gasteiger partial charge in [0, 0.05) is 30.4 Å². The molecule has 1 N–H and O–H groups in total. The van der Waals surface area contributed by atoms with Gasteiger partial charge < -0.3 is 10.0 Å². The Bertz CT molecular complexity index is 636. The quantitative estimate of drug-likeness (QED) is 0.815. The van der Waals surface area contributed by atoms with Crippen molar-refractivity contribution in [1.82, 2.24) is 4.98 Å². The number of anilines is 1. The number of aromatic nitrogens is 1. The second kappa shape index (κ2) is 6.94. The third-order valence-electron chi connectivity index (χ3n) is 3.00. The summed E-state index contributed by atoms with van der Waals surface area (Å²) in [5.41, 5.74) is 1.33. The van der Waals surface area contributed by atoms with Crippen LogP contribution >= 0.6 is 11.3 Å². The van der Waals surface area contributed by atoms with Crippen molar-refractivity contribution in [2.45, 2.75) is 13.8 Å². The lowest BCUT2D eigenvalue weighted by atomic mass is 10.1. The summed E-state index contributed by atoms with van der Waals surface area (Å²) in [6.07, 6.45) is 1.63. The molecular formula is C14H16N4O2S. The zero-order valence-electron chi connectivity index (χ0n) is 11.9. The van der Waals surface area contributed by atoms with Gasteiger partial charge in [-0.25, -0.2) is 9.78 Å². The summed E-state index contributed by atoms with van der Waals surface area (Å²) in [6, 6.07) is 5.16. The maximum Gasteiger partial charge on any atom is 0.338 e. The van der Waals surface area contributed by atoms with Gasteiger partial charge in [0.2, 0.25) is 5.13 Å². The molecule has 21 heavy (non-hydrogen) atoms. The summed E-state index contributed by atoms with van der Waals surface area (Å²) in [4.78, 5) is 17.5. The van der Waals surface area contributed by atoms with Crippen molar-refractivity contribution in [3.8, 4) is 0 Å². The first-order chi connectivity index (χ1) is 10.2. The molecule has 0 atom stereocenters. The van der Waals surface area contributed by atoms with Crippen LogP contribution in [0.15, 0.2) is 40.0 Å². The Hall–Kier alpha value is -2.28. The van der Waals surface area contributed by atoms with E-state index in [1.807, 2.05) is 19.9 Å². The molecule has 0 unspecified atom stereocenters. The molecule has 0 bridgehead atoms. The third-order valence-corrected chi connectivity index (χ3v) is 3.66. The predicted octanol–water partition coefficient (Wildman–Crippen LogP) is 4.10. The molecule has 0 fully saturated rings. The Balaban J connectivity index is 2.35. The number of rotatable bonds is 6. The van der Waals surface area contributed by atoms with Crippen molar-refractivity contribution in [2.24, 2.45) is 10.2 Å². The van der Waals surface area contributed by atoms with Crippen LogP contribution in [0.3, 0.4) is 0 Å². The Kier molecular flexibility index (Phi) is 4.99. The smallest absolute Gasteiger partial charge is 0.338 e. The molecule has 0 saturated heterocycles. The zero-order chi connectivity index (χ0) is 15.2. The zero-order valence-corrected chi connectivity index (χ0v) is 12.7. The van der Waals surface area contributed by atoms with Crippen molar-refractivity contribution in [3.05, 3.63) is 35.3 Å². The van der Waals surface area contributed by atoms with E-state index in [4.69, 9.17) is 0 Å². The molecule has 1 aromatic carbocycles. The van der Waals surface area contributed by atoms with Gasteiger partial charge in [-0.3, -0.25) is 0 Å². The largest absolute Gasteiger partial charge is 0.478 e. The van der Waals surface area contributed by atoms with Gasteiger partial charge in [-0.15, -0.1) is 21.6 Å². The van der Waals surface area contributed by atoms with E-state index in [-0.39, 0.29) is 5.56 Å². The van der Waals surface area contributed by atoms with Crippen LogP contribution in [0.25, 0.3) is 0 Å². The minimum absolute atomic E-state index is 0.139. The molecule has 0 spiro atoms. The van der Waals surface area contributed by atoms with Crippen LogP contribution in [0.2, 0.25) is 0 Å². The SMILES string of the molecule is CCN(CC)c1ccc(N=Nc2nccs2)c(C(=O)O)c1. The molecule has 0 saturated carbocycles. The number of carboxylic acids is 1. The average molecular weight is 304 g/mol. The molecule has 0 aliphatic rings. The summed E-state index contributed by atoms with van der Waals surface area (Å²) in [7, 11) is 0. The number of thiazole rings is 1. The van der Waals surface area contributed by atoms with E-state index in [9.17, 15) is 9.90 Å². The maximum atomic E-state index is 11.4. The highest BCUT2D eigenvalue weighted by Crippen LogP contribution is 2.27. The fourth-order valence-electron chi connectivity index (χ4n) is 1.93. The number of azo groups is 1. The van der Waals surface area contributed by atoms with Gasteiger partial charge in [-0.1, -0.05) is 0 Å².